The molecule has 0 spiro atoms. The van der Waals surface area contributed by atoms with Crippen LogP contribution < -0.4 is 14.8 Å². The summed E-state index contributed by atoms with van der Waals surface area (Å²) < 4.78 is 10.2. The third-order valence-corrected chi connectivity index (χ3v) is 1.95. The standard InChI is InChI=1S/C11H13NO4/c1-7(14)12-9-4-8(6-13)5-10(15-2)11(9)16-3/h4-6H,1-3H3,(H,12,14). The molecule has 0 saturated carbocycles. The first-order valence-corrected chi connectivity index (χ1v) is 4.61. The minimum absolute atomic E-state index is 0.247. The van der Waals surface area contributed by atoms with Crippen molar-refractivity contribution in [1.82, 2.24) is 0 Å². The van der Waals surface area contributed by atoms with E-state index in [0.717, 1.165) is 0 Å². The van der Waals surface area contributed by atoms with Gasteiger partial charge in [-0.3, -0.25) is 9.59 Å². The second kappa shape index (κ2) is 5.16. The maximum atomic E-state index is 11.0. The Morgan fingerprint density at radius 2 is 2.00 bits per heavy atom. The van der Waals surface area contributed by atoms with Crippen molar-refractivity contribution in [3.63, 3.8) is 0 Å². The fourth-order valence-electron chi connectivity index (χ4n) is 1.34. The minimum Gasteiger partial charge on any atom is -0.493 e. The molecule has 0 aromatic heterocycles. The van der Waals surface area contributed by atoms with Crippen LogP contribution >= 0.6 is 0 Å². The number of carbonyl (C=O) groups excluding carboxylic acids is 2. The molecule has 1 N–H and O–H groups in total. The van der Waals surface area contributed by atoms with Crippen LogP contribution in [0.5, 0.6) is 11.5 Å². The van der Waals surface area contributed by atoms with Gasteiger partial charge < -0.3 is 14.8 Å². The number of anilines is 1. The smallest absolute Gasteiger partial charge is 0.221 e. The normalized spacial score (nSPS) is 9.44. The Kier molecular flexibility index (Phi) is 3.88. The summed E-state index contributed by atoms with van der Waals surface area (Å²) in [5, 5.41) is 2.57. The van der Waals surface area contributed by atoms with Crippen LogP contribution in [0.1, 0.15) is 17.3 Å². The van der Waals surface area contributed by atoms with E-state index in [9.17, 15) is 9.59 Å². The molecule has 5 nitrogen and oxygen atoms in total. The molecule has 16 heavy (non-hydrogen) atoms. The Hall–Kier alpha value is -2.04. The van der Waals surface area contributed by atoms with Gasteiger partial charge in [0.1, 0.15) is 6.29 Å². The Morgan fingerprint density at radius 3 is 2.44 bits per heavy atom. The number of hydrogen-bond donors (Lipinski definition) is 1. The summed E-state index contributed by atoms with van der Waals surface area (Å²) >= 11 is 0. The van der Waals surface area contributed by atoms with Crippen LogP contribution in [-0.2, 0) is 4.79 Å². The number of nitrogens with one attached hydrogen (secondary N) is 1. The second-order valence-corrected chi connectivity index (χ2v) is 3.10. The summed E-state index contributed by atoms with van der Waals surface area (Å²) in [6.45, 7) is 1.37. The van der Waals surface area contributed by atoms with Crippen molar-refractivity contribution in [2.45, 2.75) is 6.92 Å². The van der Waals surface area contributed by atoms with Crippen LogP contribution in [0.2, 0.25) is 0 Å². The van der Waals surface area contributed by atoms with Crippen molar-refractivity contribution >= 4 is 17.9 Å². The molecule has 0 aliphatic heterocycles. The number of rotatable bonds is 4. The quantitative estimate of drug-likeness (QED) is 0.785. The molecule has 0 atom stereocenters. The zero-order valence-corrected chi connectivity index (χ0v) is 9.37. The highest BCUT2D eigenvalue weighted by molar-refractivity contribution is 5.93. The first-order chi connectivity index (χ1) is 7.62. The van der Waals surface area contributed by atoms with Crippen molar-refractivity contribution < 1.29 is 19.1 Å². The highest BCUT2D eigenvalue weighted by atomic mass is 16.5. The fourth-order valence-corrected chi connectivity index (χ4v) is 1.34. The van der Waals surface area contributed by atoms with Gasteiger partial charge in [0.2, 0.25) is 5.91 Å². The van der Waals surface area contributed by atoms with E-state index < -0.39 is 0 Å². The molecule has 0 saturated heterocycles. The van der Waals surface area contributed by atoms with E-state index in [-0.39, 0.29) is 5.91 Å². The van der Waals surface area contributed by atoms with Crippen LogP contribution in [0.15, 0.2) is 12.1 Å². The number of carbonyl (C=O) groups is 2. The number of aldehydes is 1. The summed E-state index contributed by atoms with van der Waals surface area (Å²) in [5.74, 6) is 0.544. The zero-order chi connectivity index (χ0) is 12.1. The molecule has 0 bridgehead atoms. The molecule has 0 heterocycles. The third-order valence-electron chi connectivity index (χ3n) is 1.95. The Morgan fingerprint density at radius 1 is 1.31 bits per heavy atom. The molecule has 0 radical (unpaired) electrons. The average molecular weight is 223 g/mol. The van der Waals surface area contributed by atoms with Crippen LogP contribution in [0.25, 0.3) is 0 Å². The molecule has 0 aliphatic rings. The van der Waals surface area contributed by atoms with Crippen LogP contribution in [0.3, 0.4) is 0 Å². The van der Waals surface area contributed by atoms with E-state index in [1.54, 1.807) is 0 Å². The van der Waals surface area contributed by atoms with Crippen LogP contribution in [0, 0.1) is 0 Å². The molecule has 0 aliphatic carbocycles. The van der Waals surface area contributed by atoms with E-state index >= 15 is 0 Å². The van der Waals surface area contributed by atoms with Gasteiger partial charge in [0.05, 0.1) is 19.9 Å². The predicted octanol–water partition coefficient (Wildman–Crippen LogP) is 1.47. The molecule has 1 aromatic carbocycles. The first kappa shape index (κ1) is 12.0. The number of hydrogen-bond acceptors (Lipinski definition) is 4. The number of amides is 1. The Labute approximate surface area is 93.4 Å². The Balaban J connectivity index is 3.30. The molecule has 86 valence electrons. The maximum absolute atomic E-state index is 11.0. The van der Waals surface area contributed by atoms with Gasteiger partial charge in [0.25, 0.3) is 0 Å². The number of methoxy groups -OCH3 is 2. The third kappa shape index (κ3) is 2.50. The first-order valence-electron chi connectivity index (χ1n) is 4.61. The summed E-state index contributed by atoms with van der Waals surface area (Å²) in [6.07, 6.45) is 0.674. The molecular formula is C11H13NO4. The van der Waals surface area contributed by atoms with Crippen molar-refractivity contribution in [1.29, 1.82) is 0 Å². The highest BCUT2D eigenvalue weighted by Crippen LogP contribution is 2.36. The maximum Gasteiger partial charge on any atom is 0.221 e. The summed E-state index contributed by atoms with van der Waals surface area (Å²) in [7, 11) is 2.92. The lowest BCUT2D eigenvalue weighted by atomic mass is 10.2. The van der Waals surface area contributed by atoms with Crippen molar-refractivity contribution in [3.05, 3.63) is 17.7 Å². The van der Waals surface area contributed by atoms with Crippen molar-refractivity contribution in [2.75, 3.05) is 19.5 Å². The molecule has 1 rings (SSSR count). The largest absolute Gasteiger partial charge is 0.493 e. The Bertz CT molecular complexity index is 415. The fraction of sp³-hybridized carbons (Fsp3) is 0.273. The zero-order valence-electron chi connectivity index (χ0n) is 9.37. The predicted molar refractivity (Wildman–Crippen MR) is 59.2 cm³/mol. The highest BCUT2D eigenvalue weighted by Gasteiger charge is 2.13. The lowest BCUT2D eigenvalue weighted by Crippen LogP contribution is -2.08. The molecule has 0 unspecified atom stereocenters. The van der Waals surface area contributed by atoms with Gasteiger partial charge in [-0.2, -0.15) is 0 Å². The van der Waals surface area contributed by atoms with Crippen molar-refractivity contribution in [3.8, 4) is 11.5 Å². The second-order valence-electron chi connectivity index (χ2n) is 3.10. The van der Waals surface area contributed by atoms with Gasteiger partial charge in [-0.15, -0.1) is 0 Å². The lowest BCUT2D eigenvalue weighted by Gasteiger charge is -2.13. The lowest BCUT2D eigenvalue weighted by molar-refractivity contribution is -0.114. The SMILES string of the molecule is COc1cc(C=O)cc(NC(C)=O)c1OC. The van der Waals surface area contributed by atoms with E-state index in [0.29, 0.717) is 29.0 Å². The summed E-state index contributed by atoms with van der Waals surface area (Å²) in [5.41, 5.74) is 0.817. The van der Waals surface area contributed by atoms with Gasteiger partial charge in [-0.05, 0) is 12.1 Å². The monoisotopic (exact) mass is 223 g/mol. The summed E-state index contributed by atoms with van der Waals surface area (Å²) in [4.78, 5) is 21.7. The van der Waals surface area contributed by atoms with Gasteiger partial charge in [0.15, 0.2) is 11.5 Å². The number of benzene rings is 1. The van der Waals surface area contributed by atoms with E-state index in [1.165, 1.54) is 33.3 Å². The minimum atomic E-state index is -0.247. The average Bonchev–Trinajstić information content (AvgIpc) is 2.27. The molecular weight excluding hydrogens is 210 g/mol. The van der Waals surface area contributed by atoms with E-state index in [4.69, 9.17) is 9.47 Å². The van der Waals surface area contributed by atoms with Gasteiger partial charge in [-0.1, -0.05) is 0 Å². The van der Waals surface area contributed by atoms with Crippen LogP contribution in [-0.4, -0.2) is 26.4 Å². The molecule has 1 aromatic rings. The van der Waals surface area contributed by atoms with Gasteiger partial charge in [0, 0.05) is 12.5 Å². The number of ether oxygens (including phenoxy) is 2. The van der Waals surface area contributed by atoms with Crippen LogP contribution in [0.4, 0.5) is 5.69 Å². The molecule has 1 amide bonds. The van der Waals surface area contributed by atoms with E-state index in [2.05, 4.69) is 5.32 Å². The summed E-state index contributed by atoms with van der Waals surface area (Å²) in [6, 6.07) is 3.06. The molecule has 5 heteroatoms. The molecule has 0 fully saturated rings. The van der Waals surface area contributed by atoms with Crippen molar-refractivity contribution in [2.24, 2.45) is 0 Å². The van der Waals surface area contributed by atoms with Gasteiger partial charge >= 0.3 is 0 Å². The van der Waals surface area contributed by atoms with E-state index in [1.807, 2.05) is 0 Å². The topological polar surface area (TPSA) is 64.6 Å². The van der Waals surface area contributed by atoms with Gasteiger partial charge in [-0.25, -0.2) is 0 Å².